The van der Waals surface area contributed by atoms with Gasteiger partial charge in [-0.25, -0.2) is 8.42 Å². The van der Waals surface area contributed by atoms with Gasteiger partial charge in [0.05, 0.1) is 19.0 Å². The molecule has 1 aromatic rings. The summed E-state index contributed by atoms with van der Waals surface area (Å²) in [5.74, 6) is -0.220. The number of nitrogens with zero attached hydrogens (tertiary/aromatic N) is 1. The largest absolute Gasteiger partial charge is 0.379 e. The standard InChI is InChI=1S/C16H25N3O4S/c1-13(17)10-16(20)18-11-14-4-2-3-5-15(14)12-24(21,22)19-6-8-23-9-7-19/h2-5,13H,6-12,17H2,1H3,(H,18,20). The van der Waals surface area contributed by atoms with E-state index in [1.807, 2.05) is 12.1 Å². The molecule has 0 saturated carbocycles. The van der Waals surface area contributed by atoms with Gasteiger partial charge in [-0.15, -0.1) is 0 Å². The summed E-state index contributed by atoms with van der Waals surface area (Å²) < 4.78 is 31.8. The van der Waals surface area contributed by atoms with Gasteiger partial charge in [-0.05, 0) is 18.1 Å². The van der Waals surface area contributed by atoms with Gasteiger partial charge in [-0.2, -0.15) is 4.31 Å². The van der Waals surface area contributed by atoms with Crippen LogP contribution in [0.5, 0.6) is 0 Å². The second-order valence-corrected chi connectivity index (χ2v) is 7.96. The highest BCUT2D eigenvalue weighted by atomic mass is 32.2. The smallest absolute Gasteiger partial charge is 0.221 e. The van der Waals surface area contributed by atoms with Crippen molar-refractivity contribution in [3.63, 3.8) is 0 Å². The Labute approximate surface area is 143 Å². The van der Waals surface area contributed by atoms with Gasteiger partial charge < -0.3 is 15.8 Å². The monoisotopic (exact) mass is 355 g/mol. The van der Waals surface area contributed by atoms with Crippen LogP contribution in [0.25, 0.3) is 0 Å². The Kier molecular flexibility index (Phi) is 6.73. The van der Waals surface area contributed by atoms with E-state index >= 15 is 0 Å². The van der Waals surface area contributed by atoms with E-state index in [2.05, 4.69) is 5.32 Å². The summed E-state index contributed by atoms with van der Waals surface area (Å²) in [6.45, 7) is 3.68. The number of carbonyl (C=O) groups is 1. The molecule has 0 radical (unpaired) electrons. The zero-order chi connectivity index (χ0) is 17.6. The normalized spacial score (nSPS) is 17.4. The van der Waals surface area contributed by atoms with E-state index in [9.17, 15) is 13.2 Å². The van der Waals surface area contributed by atoms with Crippen molar-refractivity contribution < 1.29 is 17.9 Å². The number of hydrogen-bond donors (Lipinski definition) is 2. The zero-order valence-electron chi connectivity index (χ0n) is 13.9. The van der Waals surface area contributed by atoms with Crippen molar-refractivity contribution in [1.82, 2.24) is 9.62 Å². The Hall–Kier alpha value is -1.48. The number of benzene rings is 1. The third-order valence-electron chi connectivity index (χ3n) is 3.80. The summed E-state index contributed by atoms with van der Waals surface area (Å²) >= 11 is 0. The number of rotatable bonds is 7. The number of amides is 1. The number of nitrogens with one attached hydrogen (secondary N) is 1. The van der Waals surface area contributed by atoms with Crippen molar-refractivity contribution in [2.75, 3.05) is 26.3 Å². The Morgan fingerprint density at radius 2 is 1.92 bits per heavy atom. The van der Waals surface area contributed by atoms with Gasteiger partial charge in [-0.1, -0.05) is 24.3 Å². The molecule has 1 saturated heterocycles. The van der Waals surface area contributed by atoms with Gasteiger partial charge in [0, 0.05) is 32.1 Å². The highest BCUT2D eigenvalue weighted by molar-refractivity contribution is 7.88. The molecule has 1 aliphatic heterocycles. The van der Waals surface area contributed by atoms with Crippen molar-refractivity contribution in [2.24, 2.45) is 5.73 Å². The van der Waals surface area contributed by atoms with E-state index in [-0.39, 0.29) is 24.1 Å². The SMILES string of the molecule is CC(N)CC(=O)NCc1ccccc1CS(=O)(=O)N1CCOCC1. The van der Waals surface area contributed by atoms with Crippen LogP contribution in [0.3, 0.4) is 0 Å². The van der Waals surface area contributed by atoms with Crippen LogP contribution in [0.15, 0.2) is 24.3 Å². The van der Waals surface area contributed by atoms with Gasteiger partial charge in [-0.3, -0.25) is 4.79 Å². The summed E-state index contributed by atoms with van der Waals surface area (Å²) in [4.78, 5) is 11.7. The molecule has 3 N–H and O–H groups in total. The average molecular weight is 355 g/mol. The summed E-state index contributed by atoms with van der Waals surface area (Å²) in [6.07, 6.45) is 0.244. The lowest BCUT2D eigenvalue weighted by molar-refractivity contribution is -0.121. The molecule has 1 heterocycles. The van der Waals surface area contributed by atoms with Gasteiger partial charge in [0.1, 0.15) is 0 Å². The fourth-order valence-electron chi connectivity index (χ4n) is 2.54. The van der Waals surface area contributed by atoms with E-state index in [1.165, 1.54) is 4.31 Å². The number of nitrogens with two attached hydrogens (primary N) is 1. The molecular weight excluding hydrogens is 330 g/mol. The zero-order valence-corrected chi connectivity index (χ0v) is 14.7. The molecule has 1 amide bonds. The summed E-state index contributed by atoms with van der Waals surface area (Å²) in [5.41, 5.74) is 7.10. The van der Waals surface area contributed by atoms with E-state index in [0.717, 1.165) is 5.56 Å². The van der Waals surface area contributed by atoms with Crippen LogP contribution < -0.4 is 11.1 Å². The van der Waals surface area contributed by atoms with E-state index < -0.39 is 10.0 Å². The maximum absolute atomic E-state index is 12.6. The lowest BCUT2D eigenvalue weighted by Crippen LogP contribution is -2.41. The molecule has 1 atom stereocenters. The first kappa shape index (κ1) is 18.9. The first-order valence-electron chi connectivity index (χ1n) is 8.03. The molecule has 1 fully saturated rings. The van der Waals surface area contributed by atoms with Crippen molar-refractivity contribution in [2.45, 2.75) is 31.7 Å². The number of morpholine rings is 1. The molecule has 8 heteroatoms. The lowest BCUT2D eigenvalue weighted by Gasteiger charge is -2.26. The summed E-state index contributed by atoms with van der Waals surface area (Å²) in [5, 5.41) is 2.79. The molecule has 0 bridgehead atoms. The molecule has 0 aromatic heterocycles. The second kappa shape index (κ2) is 8.57. The van der Waals surface area contributed by atoms with Gasteiger partial charge in [0.2, 0.25) is 15.9 Å². The van der Waals surface area contributed by atoms with Crippen molar-refractivity contribution in [3.8, 4) is 0 Å². The van der Waals surface area contributed by atoms with Gasteiger partial charge in [0.15, 0.2) is 0 Å². The van der Waals surface area contributed by atoms with Crippen LogP contribution in [-0.4, -0.2) is 51.0 Å². The number of hydrogen-bond acceptors (Lipinski definition) is 5. The predicted octanol–water partition coefficient (Wildman–Crippen LogP) is 0.202. The molecular formula is C16H25N3O4S. The second-order valence-electron chi connectivity index (χ2n) is 5.99. The van der Waals surface area contributed by atoms with Crippen LogP contribution in [0, 0.1) is 0 Å². The van der Waals surface area contributed by atoms with Crippen molar-refractivity contribution in [3.05, 3.63) is 35.4 Å². The van der Waals surface area contributed by atoms with E-state index in [4.69, 9.17) is 10.5 Å². The van der Waals surface area contributed by atoms with Gasteiger partial charge >= 0.3 is 0 Å². The summed E-state index contributed by atoms with van der Waals surface area (Å²) in [6, 6.07) is 7.04. The Balaban J connectivity index is 2.04. The van der Waals surface area contributed by atoms with Crippen LogP contribution >= 0.6 is 0 Å². The topological polar surface area (TPSA) is 102 Å². The summed E-state index contributed by atoms with van der Waals surface area (Å²) in [7, 11) is -3.40. The van der Waals surface area contributed by atoms with Crippen LogP contribution in [0.2, 0.25) is 0 Å². The highest BCUT2D eigenvalue weighted by Crippen LogP contribution is 2.16. The molecule has 1 aromatic carbocycles. The quantitative estimate of drug-likeness (QED) is 0.728. The highest BCUT2D eigenvalue weighted by Gasteiger charge is 2.25. The van der Waals surface area contributed by atoms with E-state index in [0.29, 0.717) is 38.4 Å². The molecule has 1 aliphatic rings. The van der Waals surface area contributed by atoms with Crippen LogP contribution in [0.4, 0.5) is 0 Å². The third-order valence-corrected chi connectivity index (χ3v) is 5.63. The third kappa shape index (κ3) is 5.55. The maximum Gasteiger partial charge on any atom is 0.221 e. The van der Waals surface area contributed by atoms with Crippen LogP contribution in [-0.2, 0) is 31.9 Å². The average Bonchev–Trinajstić information content (AvgIpc) is 2.54. The Morgan fingerprint density at radius 3 is 2.54 bits per heavy atom. The molecule has 0 spiro atoms. The number of sulfonamides is 1. The first-order valence-corrected chi connectivity index (χ1v) is 9.64. The maximum atomic E-state index is 12.6. The fourth-order valence-corrected chi connectivity index (χ4v) is 4.10. The Morgan fingerprint density at radius 1 is 1.29 bits per heavy atom. The lowest BCUT2D eigenvalue weighted by atomic mass is 10.1. The molecule has 2 rings (SSSR count). The minimum Gasteiger partial charge on any atom is -0.379 e. The fraction of sp³-hybridized carbons (Fsp3) is 0.562. The first-order chi connectivity index (χ1) is 11.4. The van der Waals surface area contributed by atoms with Crippen LogP contribution in [0.1, 0.15) is 24.5 Å². The molecule has 7 nitrogen and oxygen atoms in total. The minimum atomic E-state index is -3.40. The van der Waals surface area contributed by atoms with Crippen molar-refractivity contribution in [1.29, 1.82) is 0 Å². The molecule has 0 aliphatic carbocycles. The van der Waals surface area contributed by atoms with Crippen molar-refractivity contribution >= 4 is 15.9 Å². The predicted molar refractivity (Wildman–Crippen MR) is 91.6 cm³/mol. The van der Waals surface area contributed by atoms with Gasteiger partial charge in [0.25, 0.3) is 0 Å². The molecule has 1 unspecified atom stereocenters. The Bertz CT molecular complexity index is 655. The molecule has 24 heavy (non-hydrogen) atoms. The molecule has 134 valence electrons. The van der Waals surface area contributed by atoms with E-state index in [1.54, 1.807) is 19.1 Å². The minimum absolute atomic E-state index is 0.0770. The number of carbonyl (C=O) groups excluding carboxylic acids is 1. The number of ether oxygens (including phenoxy) is 1.